The van der Waals surface area contributed by atoms with Crippen molar-refractivity contribution in [3.8, 4) is 11.4 Å². The van der Waals surface area contributed by atoms with E-state index in [9.17, 15) is 9.59 Å². The van der Waals surface area contributed by atoms with Crippen LogP contribution in [0.4, 0.5) is 11.4 Å². The van der Waals surface area contributed by atoms with Crippen molar-refractivity contribution in [3.63, 3.8) is 0 Å². The molecule has 0 saturated carbocycles. The highest BCUT2D eigenvalue weighted by molar-refractivity contribution is 5.98. The van der Waals surface area contributed by atoms with Crippen molar-refractivity contribution in [2.24, 2.45) is 0 Å². The molecular weight excluding hydrogens is 356 g/mol. The van der Waals surface area contributed by atoms with E-state index in [4.69, 9.17) is 4.74 Å². The Labute approximate surface area is 162 Å². The molecule has 0 fully saturated rings. The molecule has 3 aromatic rings. The molecule has 0 aliphatic carbocycles. The molecule has 7 heteroatoms. The van der Waals surface area contributed by atoms with Crippen LogP contribution in [-0.4, -0.2) is 28.7 Å². The fourth-order valence-electron chi connectivity index (χ4n) is 3.57. The number of hydrogen-bond acceptors (Lipinski definition) is 4. The lowest BCUT2D eigenvalue weighted by molar-refractivity contribution is -0.116. The molecule has 2 heterocycles. The zero-order chi connectivity index (χ0) is 19.7. The molecule has 0 radical (unpaired) electrons. The van der Waals surface area contributed by atoms with Gasteiger partial charge in [0.25, 0.3) is 0 Å². The minimum Gasteiger partial charge on any atom is -0.495 e. The molecule has 1 aromatic heterocycles. The van der Waals surface area contributed by atoms with Crippen LogP contribution < -0.4 is 15.4 Å². The van der Waals surface area contributed by atoms with Crippen molar-refractivity contribution < 1.29 is 14.3 Å². The Morgan fingerprint density at radius 1 is 1.25 bits per heavy atom. The number of nitrogens with one attached hydrogen (secondary N) is 2. The second-order valence-electron chi connectivity index (χ2n) is 6.63. The summed E-state index contributed by atoms with van der Waals surface area (Å²) in [7, 11) is 1.55. The van der Waals surface area contributed by atoms with E-state index in [0.717, 1.165) is 16.9 Å². The van der Waals surface area contributed by atoms with Gasteiger partial charge in [0.1, 0.15) is 5.75 Å². The van der Waals surface area contributed by atoms with Gasteiger partial charge < -0.3 is 15.4 Å². The molecule has 2 amide bonds. The lowest BCUT2D eigenvalue weighted by Crippen LogP contribution is -2.25. The number of nitrogens with zero attached hydrogens (tertiary/aromatic N) is 2. The molecule has 1 atom stereocenters. The Hall–Kier alpha value is -3.61. The Balaban J connectivity index is 1.83. The lowest BCUT2D eigenvalue weighted by Gasteiger charge is -2.27. The molecule has 142 valence electrons. The molecule has 1 aliphatic rings. The first-order valence-electron chi connectivity index (χ1n) is 8.95. The summed E-state index contributed by atoms with van der Waals surface area (Å²) in [6.45, 7) is 1.43. The quantitative estimate of drug-likeness (QED) is 0.732. The minimum atomic E-state index is -0.209. The van der Waals surface area contributed by atoms with Crippen LogP contribution in [-0.2, 0) is 9.59 Å². The summed E-state index contributed by atoms with van der Waals surface area (Å²) in [4.78, 5) is 23.9. The number of carbonyl (C=O) groups is 2. The maximum atomic E-state index is 12.4. The van der Waals surface area contributed by atoms with E-state index in [0.29, 0.717) is 23.5 Å². The van der Waals surface area contributed by atoms with Crippen molar-refractivity contribution >= 4 is 23.2 Å². The fourth-order valence-corrected chi connectivity index (χ4v) is 3.57. The van der Waals surface area contributed by atoms with Crippen LogP contribution in [0.3, 0.4) is 0 Å². The van der Waals surface area contributed by atoms with Crippen LogP contribution in [0.1, 0.15) is 30.5 Å². The molecule has 0 spiro atoms. The third-order valence-electron chi connectivity index (χ3n) is 4.75. The van der Waals surface area contributed by atoms with Crippen molar-refractivity contribution in [3.05, 3.63) is 66.0 Å². The summed E-state index contributed by atoms with van der Waals surface area (Å²) in [6.07, 6.45) is 2.03. The molecule has 4 rings (SSSR count). The van der Waals surface area contributed by atoms with Gasteiger partial charge in [-0.25, -0.2) is 4.68 Å². The van der Waals surface area contributed by atoms with E-state index in [1.807, 2.05) is 47.1 Å². The molecule has 2 N–H and O–H groups in total. The Morgan fingerprint density at radius 3 is 2.75 bits per heavy atom. The summed E-state index contributed by atoms with van der Waals surface area (Å²) < 4.78 is 7.32. The van der Waals surface area contributed by atoms with Gasteiger partial charge >= 0.3 is 0 Å². The summed E-state index contributed by atoms with van der Waals surface area (Å²) >= 11 is 0. The zero-order valence-corrected chi connectivity index (χ0v) is 15.6. The number of methoxy groups -OCH3 is 1. The summed E-state index contributed by atoms with van der Waals surface area (Å²) in [5, 5.41) is 10.1. The van der Waals surface area contributed by atoms with E-state index in [1.165, 1.54) is 6.92 Å². The SMILES string of the molecule is COc1cc2c(cc1NC(C)=O)NC(=O)C[C@H]2c1ccnn1-c1ccccc1. The van der Waals surface area contributed by atoms with Crippen LogP contribution in [0, 0.1) is 0 Å². The second-order valence-corrected chi connectivity index (χ2v) is 6.63. The number of aromatic nitrogens is 2. The number of anilines is 2. The van der Waals surface area contributed by atoms with Gasteiger partial charge in [-0.3, -0.25) is 9.59 Å². The molecule has 7 nitrogen and oxygen atoms in total. The van der Waals surface area contributed by atoms with Gasteiger partial charge in [-0.15, -0.1) is 0 Å². The highest BCUT2D eigenvalue weighted by Crippen LogP contribution is 2.42. The number of hydrogen-bond donors (Lipinski definition) is 2. The largest absolute Gasteiger partial charge is 0.495 e. The predicted octanol–water partition coefficient (Wildman–Crippen LogP) is 3.31. The zero-order valence-electron chi connectivity index (χ0n) is 15.6. The first kappa shape index (κ1) is 17.8. The number of amides is 2. The summed E-state index contributed by atoms with van der Waals surface area (Å²) in [5.74, 6) is 0.0592. The summed E-state index contributed by atoms with van der Waals surface area (Å²) in [5.41, 5.74) is 3.94. The molecule has 2 aromatic carbocycles. The lowest BCUT2D eigenvalue weighted by atomic mass is 9.87. The van der Waals surface area contributed by atoms with Gasteiger partial charge in [0.05, 0.1) is 24.2 Å². The average molecular weight is 376 g/mol. The van der Waals surface area contributed by atoms with Gasteiger partial charge in [-0.05, 0) is 35.9 Å². The molecule has 0 bridgehead atoms. The van der Waals surface area contributed by atoms with Gasteiger partial charge in [0.15, 0.2) is 0 Å². The Bertz CT molecular complexity index is 1040. The number of benzene rings is 2. The Morgan fingerprint density at radius 2 is 2.04 bits per heavy atom. The number of para-hydroxylation sites is 1. The van der Waals surface area contributed by atoms with Gasteiger partial charge in [-0.1, -0.05) is 18.2 Å². The van der Waals surface area contributed by atoms with Crippen LogP contribution >= 0.6 is 0 Å². The maximum Gasteiger partial charge on any atom is 0.225 e. The number of carbonyl (C=O) groups excluding carboxylic acids is 2. The van der Waals surface area contributed by atoms with E-state index >= 15 is 0 Å². The normalized spacial score (nSPS) is 15.5. The topological polar surface area (TPSA) is 85.2 Å². The van der Waals surface area contributed by atoms with E-state index in [1.54, 1.807) is 19.4 Å². The molecule has 0 saturated heterocycles. The van der Waals surface area contributed by atoms with Gasteiger partial charge in [-0.2, -0.15) is 5.10 Å². The minimum absolute atomic E-state index is 0.0859. The van der Waals surface area contributed by atoms with Crippen LogP contribution in [0.5, 0.6) is 5.75 Å². The van der Waals surface area contributed by atoms with Crippen molar-refractivity contribution in [1.82, 2.24) is 9.78 Å². The molecule has 1 aliphatic heterocycles. The third kappa shape index (κ3) is 3.22. The van der Waals surface area contributed by atoms with E-state index in [-0.39, 0.29) is 17.7 Å². The highest BCUT2D eigenvalue weighted by Gasteiger charge is 2.30. The van der Waals surface area contributed by atoms with Crippen molar-refractivity contribution in [2.45, 2.75) is 19.3 Å². The van der Waals surface area contributed by atoms with Crippen LogP contribution in [0.2, 0.25) is 0 Å². The molecule has 0 unspecified atom stereocenters. The van der Waals surface area contributed by atoms with Crippen molar-refractivity contribution in [1.29, 1.82) is 0 Å². The Kier molecular flexibility index (Phi) is 4.57. The predicted molar refractivity (Wildman–Crippen MR) is 106 cm³/mol. The number of fused-ring (bicyclic) bond motifs is 1. The van der Waals surface area contributed by atoms with Crippen LogP contribution in [0.25, 0.3) is 5.69 Å². The van der Waals surface area contributed by atoms with Gasteiger partial charge in [0.2, 0.25) is 11.8 Å². The van der Waals surface area contributed by atoms with Crippen LogP contribution in [0.15, 0.2) is 54.7 Å². The second kappa shape index (κ2) is 7.19. The number of rotatable bonds is 4. The average Bonchev–Trinajstić information content (AvgIpc) is 3.16. The molecular formula is C21H20N4O3. The standard InChI is InChI=1S/C21H20N4O3/c1-13(26)23-18-12-17-15(10-20(18)28-2)16(11-21(27)24-17)19-8-9-22-25(19)14-6-4-3-5-7-14/h3-10,12,16H,11H2,1-2H3,(H,23,26)(H,24,27)/t16-/m1/s1. The van der Waals surface area contributed by atoms with Gasteiger partial charge in [0, 0.05) is 31.1 Å². The fraction of sp³-hybridized carbons (Fsp3) is 0.190. The van der Waals surface area contributed by atoms with Crippen molar-refractivity contribution in [2.75, 3.05) is 17.7 Å². The van der Waals surface area contributed by atoms with E-state index < -0.39 is 0 Å². The maximum absolute atomic E-state index is 12.4. The molecule has 28 heavy (non-hydrogen) atoms. The van der Waals surface area contributed by atoms with E-state index in [2.05, 4.69) is 15.7 Å². The monoisotopic (exact) mass is 376 g/mol. The number of ether oxygens (including phenoxy) is 1. The summed E-state index contributed by atoms with van der Waals surface area (Å²) in [6, 6.07) is 15.3. The third-order valence-corrected chi connectivity index (χ3v) is 4.75. The smallest absolute Gasteiger partial charge is 0.225 e. The first-order chi connectivity index (χ1) is 13.6. The first-order valence-corrected chi connectivity index (χ1v) is 8.95. The highest BCUT2D eigenvalue weighted by atomic mass is 16.5.